The molecular weight excluding hydrogens is 492 g/mol. The highest BCUT2D eigenvalue weighted by Crippen LogP contribution is 2.31. The van der Waals surface area contributed by atoms with Crippen LogP contribution >= 0.6 is 23.1 Å². The van der Waals surface area contributed by atoms with Crippen LogP contribution in [0.2, 0.25) is 0 Å². The van der Waals surface area contributed by atoms with Gasteiger partial charge >= 0.3 is 0 Å². The van der Waals surface area contributed by atoms with E-state index < -0.39 is 0 Å². The zero-order chi connectivity index (χ0) is 25.1. The van der Waals surface area contributed by atoms with Crippen molar-refractivity contribution in [3.8, 4) is 27.7 Å². The second kappa shape index (κ2) is 10.4. The number of rotatable bonds is 8. The summed E-state index contributed by atoms with van der Waals surface area (Å²) in [4.78, 5) is 17.2. The lowest BCUT2D eigenvalue weighted by Crippen LogP contribution is -2.16. The van der Waals surface area contributed by atoms with E-state index in [1.807, 2.05) is 61.5 Å². The van der Waals surface area contributed by atoms with Crippen LogP contribution in [0.1, 0.15) is 12.5 Å². The first-order valence-corrected chi connectivity index (χ1v) is 13.1. The molecule has 2 heterocycles. The first kappa shape index (κ1) is 23.8. The number of fused-ring (bicyclic) bond motifs is 1. The lowest BCUT2D eigenvalue weighted by atomic mass is 10.2. The Morgan fingerprint density at radius 2 is 1.81 bits per heavy atom. The first-order chi connectivity index (χ1) is 17.5. The second-order valence-electron chi connectivity index (χ2n) is 8.04. The summed E-state index contributed by atoms with van der Waals surface area (Å²) in [5.41, 5.74) is 4.75. The van der Waals surface area contributed by atoms with Gasteiger partial charge in [-0.05, 0) is 80.1 Å². The van der Waals surface area contributed by atoms with Crippen molar-refractivity contribution in [2.45, 2.75) is 19.0 Å². The lowest BCUT2D eigenvalue weighted by molar-refractivity contribution is -0.113. The number of benzene rings is 3. The van der Waals surface area contributed by atoms with E-state index in [0.29, 0.717) is 23.3 Å². The molecule has 36 heavy (non-hydrogen) atoms. The number of nitrogens with zero attached hydrogens (tertiary/aromatic N) is 4. The summed E-state index contributed by atoms with van der Waals surface area (Å²) >= 11 is 2.88. The standard InChI is InChI=1S/C26H24N6O2S2/c1-3-34-20-11-7-17(8-12-20)24-30-31-26(32(24)27)35-15-23(33)28-19-9-5-18(6-10-19)25-29-21-13-4-16(2)14-22(21)36-25/h4-14H,3,15,27H2,1-2H3,(H,28,33). The number of hydrogen-bond donors (Lipinski definition) is 2. The highest BCUT2D eigenvalue weighted by Gasteiger charge is 2.14. The molecule has 0 fully saturated rings. The van der Waals surface area contributed by atoms with Crippen LogP contribution < -0.4 is 15.9 Å². The summed E-state index contributed by atoms with van der Waals surface area (Å²) in [5.74, 6) is 7.47. The highest BCUT2D eigenvalue weighted by atomic mass is 32.2. The van der Waals surface area contributed by atoms with E-state index in [0.717, 1.165) is 32.1 Å². The number of hydrogen-bond acceptors (Lipinski definition) is 8. The maximum Gasteiger partial charge on any atom is 0.234 e. The van der Waals surface area contributed by atoms with Crippen molar-refractivity contribution in [3.63, 3.8) is 0 Å². The number of ether oxygens (including phenoxy) is 1. The molecular formula is C26H24N6O2S2. The predicted molar refractivity (Wildman–Crippen MR) is 146 cm³/mol. The Morgan fingerprint density at radius 3 is 2.56 bits per heavy atom. The van der Waals surface area contributed by atoms with E-state index in [1.165, 1.54) is 22.0 Å². The van der Waals surface area contributed by atoms with Crippen molar-refractivity contribution >= 4 is 44.9 Å². The van der Waals surface area contributed by atoms with E-state index in [2.05, 4.69) is 34.6 Å². The zero-order valence-electron chi connectivity index (χ0n) is 19.8. The van der Waals surface area contributed by atoms with Gasteiger partial charge in [-0.15, -0.1) is 21.5 Å². The molecule has 1 amide bonds. The van der Waals surface area contributed by atoms with Crippen LogP contribution in [0.4, 0.5) is 5.69 Å². The number of aryl methyl sites for hydroxylation is 1. The van der Waals surface area contributed by atoms with Crippen LogP contribution in [0.25, 0.3) is 32.2 Å². The fourth-order valence-electron chi connectivity index (χ4n) is 3.62. The predicted octanol–water partition coefficient (Wildman–Crippen LogP) is 5.37. The normalized spacial score (nSPS) is 11.1. The van der Waals surface area contributed by atoms with E-state index in [9.17, 15) is 4.79 Å². The van der Waals surface area contributed by atoms with E-state index >= 15 is 0 Å². The fraction of sp³-hybridized carbons (Fsp3) is 0.154. The SMILES string of the molecule is CCOc1ccc(-c2nnc(SCC(=O)Nc3ccc(-c4nc5ccc(C)cc5s4)cc3)n2N)cc1. The van der Waals surface area contributed by atoms with Crippen molar-refractivity contribution in [2.75, 3.05) is 23.5 Å². The summed E-state index contributed by atoms with van der Waals surface area (Å²) in [7, 11) is 0. The number of carbonyl (C=O) groups is 1. The largest absolute Gasteiger partial charge is 0.494 e. The number of nitrogens with two attached hydrogens (primary N) is 1. The maximum absolute atomic E-state index is 12.5. The fourth-order valence-corrected chi connectivity index (χ4v) is 5.34. The minimum atomic E-state index is -0.158. The quantitative estimate of drug-likeness (QED) is 0.211. The molecule has 0 aliphatic rings. The lowest BCUT2D eigenvalue weighted by Gasteiger charge is -2.07. The number of thiazole rings is 1. The summed E-state index contributed by atoms with van der Waals surface area (Å²) in [6.45, 7) is 4.61. The molecule has 0 aliphatic carbocycles. The van der Waals surface area contributed by atoms with Crippen LogP contribution in [0, 0.1) is 6.92 Å². The number of thioether (sulfide) groups is 1. The molecule has 182 valence electrons. The average Bonchev–Trinajstić information content (AvgIpc) is 3.47. The zero-order valence-corrected chi connectivity index (χ0v) is 21.4. The summed E-state index contributed by atoms with van der Waals surface area (Å²) in [6.07, 6.45) is 0. The summed E-state index contributed by atoms with van der Waals surface area (Å²) < 4.78 is 8.02. The number of nitrogens with one attached hydrogen (secondary N) is 1. The second-order valence-corrected chi connectivity index (χ2v) is 10.0. The molecule has 5 rings (SSSR count). The minimum absolute atomic E-state index is 0.150. The number of carbonyl (C=O) groups excluding carboxylic acids is 1. The van der Waals surface area contributed by atoms with Gasteiger partial charge in [0.1, 0.15) is 10.8 Å². The Labute approximate surface area is 216 Å². The molecule has 0 bridgehead atoms. The van der Waals surface area contributed by atoms with Crippen LogP contribution in [0.15, 0.2) is 71.9 Å². The van der Waals surface area contributed by atoms with Crippen LogP contribution in [-0.2, 0) is 4.79 Å². The number of anilines is 1. The molecule has 0 radical (unpaired) electrons. The number of amides is 1. The highest BCUT2D eigenvalue weighted by molar-refractivity contribution is 7.99. The van der Waals surface area contributed by atoms with E-state index in [-0.39, 0.29) is 11.7 Å². The number of nitrogen functional groups attached to an aromatic ring is 1. The molecule has 0 spiro atoms. The molecule has 0 saturated carbocycles. The van der Waals surface area contributed by atoms with Gasteiger partial charge in [0, 0.05) is 16.8 Å². The molecule has 0 atom stereocenters. The Morgan fingerprint density at radius 1 is 1.06 bits per heavy atom. The van der Waals surface area contributed by atoms with Crippen LogP contribution in [-0.4, -0.2) is 38.1 Å². The third-order valence-corrected chi connectivity index (χ3v) is 7.39. The molecule has 8 nitrogen and oxygen atoms in total. The smallest absolute Gasteiger partial charge is 0.234 e. The minimum Gasteiger partial charge on any atom is -0.494 e. The molecule has 3 N–H and O–H groups in total. The number of aromatic nitrogens is 4. The van der Waals surface area contributed by atoms with Crippen molar-refractivity contribution in [1.29, 1.82) is 0 Å². The van der Waals surface area contributed by atoms with Gasteiger partial charge in [-0.3, -0.25) is 4.79 Å². The van der Waals surface area contributed by atoms with Crippen molar-refractivity contribution in [3.05, 3.63) is 72.3 Å². The molecule has 0 saturated heterocycles. The maximum atomic E-state index is 12.5. The van der Waals surface area contributed by atoms with Crippen molar-refractivity contribution in [2.24, 2.45) is 0 Å². The molecule has 5 aromatic rings. The van der Waals surface area contributed by atoms with Gasteiger partial charge in [-0.2, -0.15) is 0 Å². The van der Waals surface area contributed by atoms with Gasteiger partial charge < -0.3 is 15.9 Å². The van der Waals surface area contributed by atoms with Crippen molar-refractivity contribution < 1.29 is 9.53 Å². The third kappa shape index (κ3) is 5.19. The van der Waals surface area contributed by atoms with Gasteiger partial charge in [0.05, 0.1) is 22.6 Å². The monoisotopic (exact) mass is 516 g/mol. The molecule has 0 aliphatic heterocycles. The van der Waals surface area contributed by atoms with E-state index in [1.54, 1.807) is 11.3 Å². The summed E-state index contributed by atoms with van der Waals surface area (Å²) in [6, 6.07) is 21.4. The Hall–Kier alpha value is -3.89. The van der Waals surface area contributed by atoms with Crippen LogP contribution in [0.3, 0.4) is 0 Å². The Balaban J connectivity index is 1.19. The molecule has 0 unspecified atom stereocenters. The van der Waals surface area contributed by atoms with Gasteiger partial charge in [-0.25, -0.2) is 9.66 Å². The first-order valence-electron chi connectivity index (χ1n) is 11.3. The van der Waals surface area contributed by atoms with E-state index in [4.69, 9.17) is 15.6 Å². The summed E-state index contributed by atoms with van der Waals surface area (Å²) in [5, 5.41) is 12.6. The third-order valence-electron chi connectivity index (χ3n) is 5.38. The topological polar surface area (TPSA) is 108 Å². The molecule has 10 heteroatoms. The van der Waals surface area contributed by atoms with Crippen molar-refractivity contribution in [1.82, 2.24) is 19.9 Å². The van der Waals surface area contributed by atoms with Crippen LogP contribution in [0.5, 0.6) is 5.75 Å². The molecule has 3 aromatic carbocycles. The van der Waals surface area contributed by atoms with Gasteiger partial charge in [-0.1, -0.05) is 17.8 Å². The van der Waals surface area contributed by atoms with Gasteiger partial charge in [0.15, 0.2) is 5.82 Å². The Kier molecular flexibility index (Phi) is 6.88. The Bertz CT molecular complexity index is 1510. The van der Waals surface area contributed by atoms with Gasteiger partial charge in [0.25, 0.3) is 0 Å². The molecule has 2 aromatic heterocycles. The average molecular weight is 517 g/mol. The van der Waals surface area contributed by atoms with Gasteiger partial charge in [0.2, 0.25) is 11.1 Å².